The molecule has 2 fully saturated rings. The van der Waals surface area contributed by atoms with E-state index in [1.807, 2.05) is 23.7 Å². The first-order chi connectivity index (χ1) is 13.3. The van der Waals surface area contributed by atoms with Crippen molar-refractivity contribution < 1.29 is 8.42 Å². The molecule has 0 N–H and O–H groups in total. The molecule has 0 bridgehead atoms. The van der Waals surface area contributed by atoms with Gasteiger partial charge < -0.3 is 4.90 Å². The van der Waals surface area contributed by atoms with Crippen LogP contribution < -0.4 is 4.90 Å². The molecule has 8 heteroatoms. The lowest BCUT2D eigenvalue weighted by Crippen LogP contribution is -2.46. The Bertz CT molecular complexity index is 947. The molecule has 0 aliphatic carbocycles. The van der Waals surface area contributed by atoms with Crippen molar-refractivity contribution in [2.24, 2.45) is 0 Å². The van der Waals surface area contributed by atoms with Crippen LogP contribution in [0.5, 0.6) is 0 Å². The largest absolute Gasteiger partial charge is 0.366 e. The summed E-state index contributed by atoms with van der Waals surface area (Å²) in [4.78, 5) is 4.86. The van der Waals surface area contributed by atoms with Crippen LogP contribution in [0.15, 0.2) is 24.3 Å². The maximum Gasteiger partial charge on any atom is 0.152 e. The van der Waals surface area contributed by atoms with Gasteiger partial charge in [-0.05, 0) is 38.0 Å². The molecule has 0 saturated carbocycles. The molecule has 2 aliphatic rings. The molecule has 3 heterocycles. The van der Waals surface area contributed by atoms with Gasteiger partial charge in [0.1, 0.15) is 0 Å². The maximum atomic E-state index is 11.9. The number of rotatable bonds is 4. The number of anilines is 1. The van der Waals surface area contributed by atoms with E-state index in [-0.39, 0.29) is 17.5 Å². The molecule has 28 heavy (non-hydrogen) atoms. The highest BCUT2D eigenvalue weighted by Gasteiger charge is 2.32. The Morgan fingerprint density at radius 2 is 1.79 bits per heavy atom. The smallest absolute Gasteiger partial charge is 0.152 e. The normalized spacial score (nSPS) is 22.7. The van der Waals surface area contributed by atoms with E-state index in [1.165, 1.54) is 11.3 Å². The van der Waals surface area contributed by atoms with Crippen LogP contribution in [0.25, 0.3) is 0 Å². The van der Waals surface area contributed by atoms with Crippen LogP contribution in [-0.2, 0) is 16.4 Å². The van der Waals surface area contributed by atoms with Gasteiger partial charge in [-0.1, -0.05) is 23.7 Å². The monoisotopic (exact) mass is 422 g/mol. The van der Waals surface area contributed by atoms with Crippen molar-refractivity contribution in [3.63, 3.8) is 0 Å². The number of hydrogen-bond acceptors (Lipinski definition) is 5. The highest BCUT2D eigenvalue weighted by atomic mass is 35.5. The molecule has 6 nitrogen and oxygen atoms in total. The molecule has 0 amide bonds. The predicted molar refractivity (Wildman–Crippen MR) is 113 cm³/mol. The summed E-state index contributed by atoms with van der Waals surface area (Å²) in [6.07, 6.45) is 0.665. The zero-order valence-electron chi connectivity index (χ0n) is 16.4. The van der Waals surface area contributed by atoms with Crippen LogP contribution in [0.4, 0.5) is 5.69 Å². The van der Waals surface area contributed by atoms with Crippen LogP contribution >= 0.6 is 11.6 Å². The summed E-state index contributed by atoms with van der Waals surface area (Å²) in [5.41, 5.74) is 4.54. The third kappa shape index (κ3) is 4.07. The minimum Gasteiger partial charge on any atom is -0.366 e. The molecule has 1 aromatic carbocycles. The standard InChI is InChI=1S/C20H27ClN4O2S/c1-15-20(16(2)25(22-15)19-7-12-28(26,27)14-19)24-10-8-23(9-11-24)13-17-3-5-18(21)6-4-17/h3-6,19H,7-14H2,1-2H3. The van der Waals surface area contributed by atoms with Crippen LogP contribution in [0.1, 0.15) is 29.4 Å². The summed E-state index contributed by atoms with van der Waals surface area (Å²) >= 11 is 5.97. The van der Waals surface area contributed by atoms with Crippen molar-refractivity contribution in [2.45, 2.75) is 32.9 Å². The first kappa shape index (κ1) is 19.7. The Morgan fingerprint density at radius 3 is 2.39 bits per heavy atom. The van der Waals surface area contributed by atoms with E-state index in [0.717, 1.165) is 49.1 Å². The number of piperazine rings is 1. The Morgan fingerprint density at radius 1 is 1.11 bits per heavy atom. The second kappa shape index (κ2) is 7.69. The van der Waals surface area contributed by atoms with Gasteiger partial charge in [0, 0.05) is 37.7 Å². The highest BCUT2D eigenvalue weighted by molar-refractivity contribution is 7.91. The highest BCUT2D eigenvalue weighted by Crippen LogP contribution is 2.31. The Labute approximate surface area is 172 Å². The van der Waals surface area contributed by atoms with Crippen LogP contribution in [0.2, 0.25) is 5.02 Å². The van der Waals surface area contributed by atoms with E-state index in [0.29, 0.717) is 6.42 Å². The molecule has 4 rings (SSSR count). The summed E-state index contributed by atoms with van der Waals surface area (Å²) in [7, 11) is -2.92. The zero-order chi connectivity index (χ0) is 19.9. The number of halogens is 1. The molecule has 0 spiro atoms. The summed E-state index contributed by atoms with van der Waals surface area (Å²) in [5, 5.41) is 5.48. The van der Waals surface area contributed by atoms with Gasteiger partial charge in [0.05, 0.1) is 34.6 Å². The second-order valence-electron chi connectivity index (χ2n) is 7.91. The van der Waals surface area contributed by atoms with Gasteiger partial charge >= 0.3 is 0 Å². The second-order valence-corrected chi connectivity index (χ2v) is 10.6. The molecular formula is C20H27ClN4O2S. The van der Waals surface area contributed by atoms with Crippen LogP contribution in [0.3, 0.4) is 0 Å². The molecule has 1 atom stereocenters. The Kier molecular flexibility index (Phi) is 5.42. The minimum atomic E-state index is -2.92. The van der Waals surface area contributed by atoms with E-state index < -0.39 is 9.84 Å². The third-order valence-corrected chi connectivity index (χ3v) is 7.85. The average Bonchev–Trinajstić information content (AvgIpc) is 3.16. The fourth-order valence-electron chi connectivity index (χ4n) is 4.41. The Balaban J connectivity index is 1.42. The van der Waals surface area contributed by atoms with Gasteiger partial charge in [-0.2, -0.15) is 5.10 Å². The van der Waals surface area contributed by atoms with Crippen molar-refractivity contribution >= 4 is 27.1 Å². The molecule has 1 aromatic heterocycles. The molecule has 2 aromatic rings. The van der Waals surface area contributed by atoms with Gasteiger partial charge in [-0.15, -0.1) is 0 Å². The van der Waals surface area contributed by atoms with Gasteiger partial charge in [0.25, 0.3) is 0 Å². The van der Waals surface area contributed by atoms with E-state index in [1.54, 1.807) is 0 Å². The van der Waals surface area contributed by atoms with E-state index >= 15 is 0 Å². The van der Waals surface area contributed by atoms with Crippen molar-refractivity contribution in [2.75, 3.05) is 42.6 Å². The van der Waals surface area contributed by atoms with Crippen molar-refractivity contribution in [1.29, 1.82) is 0 Å². The molecule has 1 unspecified atom stereocenters. The zero-order valence-corrected chi connectivity index (χ0v) is 18.0. The summed E-state index contributed by atoms with van der Waals surface area (Å²) in [5.74, 6) is 0.484. The first-order valence-electron chi connectivity index (χ1n) is 9.80. The van der Waals surface area contributed by atoms with Gasteiger partial charge in [-0.25, -0.2) is 8.42 Å². The lowest BCUT2D eigenvalue weighted by molar-refractivity contribution is 0.249. The topological polar surface area (TPSA) is 58.4 Å². The van der Waals surface area contributed by atoms with E-state index in [9.17, 15) is 8.42 Å². The average molecular weight is 423 g/mol. The molecule has 2 aliphatic heterocycles. The van der Waals surface area contributed by atoms with Gasteiger partial charge in [0.15, 0.2) is 9.84 Å². The van der Waals surface area contributed by atoms with Gasteiger partial charge in [-0.3, -0.25) is 9.58 Å². The summed E-state index contributed by atoms with van der Waals surface area (Å²) in [6, 6.07) is 8.03. The summed E-state index contributed by atoms with van der Waals surface area (Å²) < 4.78 is 25.7. The predicted octanol–water partition coefficient (Wildman–Crippen LogP) is 2.84. The third-order valence-electron chi connectivity index (χ3n) is 5.85. The number of hydrogen-bond donors (Lipinski definition) is 0. The van der Waals surface area contributed by atoms with E-state index in [4.69, 9.17) is 16.7 Å². The number of aryl methyl sites for hydroxylation is 1. The number of aromatic nitrogens is 2. The fourth-order valence-corrected chi connectivity index (χ4v) is 6.23. The lowest BCUT2D eigenvalue weighted by Gasteiger charge is -2.36. The Hall–Kier alpha value is -1.57. The molecule has 0 radical (unpaired) electrons. The van der Waals surface area contributed by atoms with Crippen LogP contribution in [-0.4, -0.2) is 60.8 Å². The van der Waals surface area contributed by atoms with Crippen molar-refractivity contribution in [3.8, 4) is 0 Å². The quantitative estimate of drug-likeness (QED) is 0.758. The lowest BCUT2D eigenvalue weighted by atomic mass is 10.2. The number of sulfone groups is 1. The number of benzene rings is 1. The SMILES string of the molecule is Cc1nn(C2CCS(=O)(=O)C2)c(C)c1N1CCN(Cc2ccc(Cl)cc2)CC1. The van der Waals surface area contributed by atoms with E-state index in [2.05, 4.69) is 28.9 Å². The molecular weight excluding hydrogens is 396 g/mol. The summed E-state index contributed by atoms with van der Waals surface area (Å²) in [6.45, 7) is 8.91. The minimum absolute atomic E-state index is 0.0244. The van der Waals surface area contributed by atoms with Gasteiger partial charge in [0.2, 0.25) is 0 Å². The van der Waals surface area contributed by atoms with Crippen LogP contribution in [0, 0.1) is 13.8 Å². The molecule has 152 valence electrons. The first-order valence-corrected chi connectivity index (χ1v) is 12.0. The van der Waals surface area contributed by atoms with Crippen molar-refractivity contribution in [3.05, 3.63) is 46.2 Å². The molecule has 2 saturated heterocycles. The number of nitrogens with zero attached hydrogens (tertiary/aromatic N) is 4. The fraction of sp³-hybridized carbons (Fsp3) is 0.550. The van der Waals surface area contributed by atoms with Crippen molar-refractivity contribution in [1.82, 2.24) is 14.7 Å². The maximum absolute atomic E-state index is 11.9.